The molecule has 18 heavy (non-hydrogen) atoms. The van der Waals surface area contributed by atoms with E-state index in [9.17, 15) is 9.59 Å². The zero-order valence-electron chi connectivity index (χ0n) is 9.59. The van der Waals surface area contributed by atoms with Crippen LogP contribution in [-0.4, -0.2) is 28.1 Å². The molecule has 7 nitrogen and oxygen atoms in total. The third-order valence-electron chi connectivity index (χ3n) is 2.21. The lowest BCUT2D eigenvalue weighted by Gasteiger charge is -2.09. The normalized spacial score (nSPS) is 11.6. The third-order valence-corrected chi connectivity index (χ3v) is 2.21. The number of aromatic hydroxyl groups is 1. The van der Waals surface area contributed by atoms with Crippen LogP contribution >= 0.6 is 0 Å². The SMILES string of the molecule is N[C@@H](CCC(=O)NNc1ccc(O)cc1)C(=O)O. The molecule has 1 aromatic rings. The van der Waals surface area contributed by atoms with Gasteiger partial charge in [-0.1, -0.05) is 0 Å². The fourth-order valence-electron chi connectivity index (χ4n) is 1.16. The van der Waals surface area contributed by atoms with Crippen molar-refractivity contribution in [2.45, 2.75) is 18.9 Å². The molecule has 1 atom stereocenters. The number of hydrogen-bond donors (Lipinski definition) is 5. The lowest BCUT2D eigenvalue weighted by molar-refractivity contribution is -0.138. The van der Waals surface area contributed by atoms with Gasteiger partial charge >= 0.3 is 5.97 Å². The number of hydrogen-bond acceptors (Lipinski definition) is 5. The van der Waals surface area contributed by atoms with E-state index in [-0.39, 0.29) is 24.5 Å². The average molecular weight is 253 g/mol. The van der Waals surface area contributed by atoms with E-state index in [2.05, 4.69) is 10.9 Å². The first-order chi connectivity index (χ1) is 8.49. The number of rotatable bonds is 6. The van der Waals surface area contributed by atoms with Crippen molar-refractivity contribution in [2.24, 2.45) is 5.73 Å². The third kappa shape index (κ3) is 4.71. The number of hydrazine groups is 1. The quantitative estimate of drug-likeness (QED) is 0.360. The number of benzene rings is 1. The second-order valence-corrected chi connectivity index (χ2v) is 3.70. The zero-order chi connectivity index (χ0) is 13.5. The summed E-state index contributed by atoms with van der Waals surface area (Å²) >= 11 is 0. The minimum absolute atomic E-state index is 0.0125. The zero-order valence-corrected chi connectivity index (χ0v) is 9.59. The van der Waals surface area contributed by atoms with Gasteiger partial charge in [-0.25, -0.2) is 0 Å². The molecule has 1 amide bonds. The van der Waals surface area contributed by atoms with Crippen LogP contribution in [0.2, 0.25) is 0 Å². The molecule has 0 bridgehead atoms. The van der Waals surface area contributed by atoms with E-state index < -0.39 is 12.0 Å². The molecule has 0 aromatic heterocycles. The fourth-order valence-corrected chi connectivity index (χ4v) is 1.16. The summed E-state index contributed by atoms with van der Waals surface area (Å²) in [7, 11) is 0. The Hall–Kier alpha value is -2.28. The highest BCUT2D eigenvalue weighted by atomic mass is 16.4. The van der Waals surface area contributed by atoms with Gasteiger partial charge in [-0.05, 0) is 30.7 Å². The lowest BCUT2D eigenvalue weighted by atomic mass is 10.2. The molecule has 0 saturated heterocycles. The van der Waals surface area contributed by atoms with Crippen LogP contribution in [0.25, 0.3) is 0 Å². The predicted octanol–water partition coefficient (Wildman–Crippen LogP) is 0.0274. The van der Waals surface area contributed by atoms with Crippen molar-refractivity contribution in [1.29, 1.82) is 0 Å². The Morgan fingerprint density at radius 1 is 1.28 bits per heavy atom. The first kappa shape index (κ1) is 13.8. The maximum absolute atomic E-state index is 11.3. The van der Waals surface area contributed by atoms with Crippen LogP contribution in [0.5, 0.6) is 5.75 Å². The Labute approximate surface area is 104 Å². The van der Waals surface area contributed by atoms with Crippen molar-refractivity contribution in [3.05, 3.63) is 24.3 Å². The van der Waals surface area contributed by atoms with Crippen molar-refractivity contribution >= 4 is 17.6 Å². The summed E-state index contributed by atoms with van der Waals surface area (Å²) in [6, 6.07) is 5.06. The Balaban J connectivity index is 2.29. The van der Waals surface area contributed by atoms with E-state index in [4.69, 9.17) is 15.9 Å². The molecule has 0 aliphatic heterocycles. The van der Waals surface area contributed by atoms with Gasteiger partial charge in [0.2, 0.25) is 5.91 Å². The maximum atomic E-state index is 11.3. The number of phenols is 1. The molecule has 1 rings (SSSR count). The van der Waals surface area contributed by atoms with Crippen LogP contribution in [0.1, 0.15) is 12.8 Å². The fraction of sp³-hybridized carbons (Fsp3) is 0.273. The van der Waals surface area contributed by atoms with Gasteiger partial charge in [-0.2, -0.15) is 0 Å². The first-order valence-electron chi connectivity index (χ1n) is 5.31. The summed E-state index contributed by atoms with van der Waals surface area (Å²) in [6.45, 7) is 0. The van der Waals surface area contributed by atoms with Crippen molar-refractivity contribution < 1.29 is 19.8 Å². The van der Waals surface area contributed by atoms with Crippen molar-refractivity contribution in [3.63, 3.8) is 0 Å². The van der Waals surface area contributed by atoms with Gasteiger partial charge in [0.1, 0.15) is 11.8 Å². The van der Waals surface area contributed by atoms with Gasteiger partial charge < -0.3 is 15.9 Å². The lowest BCUT2D eigenvalue weighted by Crippen LogP contribution is -2.34. The van der Waals surface area contributed by atoms with E-state index in [0.29, 0.717) is 5.69 Å². The minimum atomic E-state index is -1.13. The Kier molecular flexibility index (Phi) is 4.94. The Morgan fingerprint density at radius 2 is 1.89 bits per heavy atom. The van der Waals surface area contributed by atoms with E-state index in [1.807, 2.05) is 0 Å². The van der Waals surface area contributed by atoms with Gasteiger partial charge in [-0.15, -0.1) is 0 Å². The highest BCUT2D eigenvalue weighted by Gasteiger charge is 2.13. The van der Waals surface area contributed by atoms with Gasteiger partial charge in [0.25, 0.3) is 0 Å². The molecule has 0 unspecified atom stereocenters. The first-order valence-corrected chi connectivity index (χ1v) is 5.31. The van der Waals surface area contributed by atoms with Crippen molar-refractivity contribution in [2.75, 3.05) is 5.43 Å². The number of nitrogens with two attached hydrogens (primary N) is 1. The summed E-state index contributed by atoms with van der Waals surface area (Å²) < 4.78 is 0. The standard InChI is InChI=1S/C11H15N3O4/c12-9(11(17)18)5-6-10(16)14-13-7-1-3-8(15)4-2-7/h1-4,9,13,15H,5-6,12H2,(H,14,16)(H,17,18)/t9-/m0/s1. The summed E-state index contributed by atoms with van der Waals surface area (Å²) in [5.74, 6) is -1.37. The molecule has 0 fully saturated rings. The Bertz CT molecular complexity index is 419. The number of phenolic OH excluding ortho intramolecular Hbond substituents is 1. The van der Waals surface area contributed by atoms with Crippen LogP contribution in [0.3, 0.4) is 0 Å². The smallest absolute Gasteiger partial charge is 0.320 e. The van der Waals surface area contributed by atoms with E-state index in [1.165, 1.54) is 12.1 Å². The van der Waals surface area contributed by atoms with Gasteiger partial charge in [0, 0.05) is 6.42 Å². The topological polar surface area (TPSA) is 125 Å². The highest BCUT2D eigenvalue weighted by molar-refractivity contribution is 5.79. The molecule has 0 aliphatic carbocycles. The van der Waals surface area contributed by atoms with Crippen LogP contribution in [0.4, 0.5) is 5.69 Å². The van der Waals surface area contributed by atoms with Crippen molar-refractivity contribution in [3.8, 4) is 5.75 Å². The monoisotopic (exact) mass is 253 g/mol. The predicted molar refractivity (Wildman–Crippen MR) is 64.7 cm³/mol. The molecule has 1 aromatic carbocycles. The van der Waals surface area contributed by atoms with Gasteiger partial charge in [-0.3, -0.25) is 20.4 Å². The summed E-state index contributed by atoms with van der Waals surface area (Å²) in [6.07, 6.45) is 0.0803. The second kappa shape index (κ2) is 6.45. The molecule has 0 heterocycles. The summed E-state index contributed by atoms with van der Waals surface area (Å²) in [5.41, 5.74) is 10.9. The molecule has 6 N–H and O–H groups in total. The summed E-state index contributed by atoms with van der Waals surface area (Å²) in [4.78, 5) is 21.8. The van der Waals surface area contributed by atoms with Gasteiger partial charge in [0.05, 0.1) is 5.69 Å². The van der Waals surface area contributed by atoms with Crippen LogP contribution < -0.4 is 16.6 Å². The van der Waals surface area contributed by atoms with Crippen LogP contribution in [-0.2, 0) is 9.59 Å². The van der Waals surface area contributed by atoms with E-state index in [0.717, 1.165) is 0 Å². The summed E-state index contributed by atoms with van der Waals surface area (Å²) in [5, 5.41) is 17.6. The number of aliphatic carboxylic acids is 1. The maximum Gasteiger partial charge on any atom is 0.320 e. The molecule has 0 aliphatic rings. The number of carboxylic acid groups (broad SMARTS) is 1. The molecule has 0 saturated carbocycles. The number of carboxylic acids is 1. The highest BCUT2D eigenvalue weighted by Crippen LogP contribution is 2.12. The average Bonchev–Trinajstić information content (AvgIpc) is 2.35. The number of amides is 1. The van der Waals surface area contributed by atoms with Crippen LogP contribution in [0, 0.1) is 0 Å². The van der Waals surface area contributed by atoms with Crippen LogP contribution in [0.15, 0.2) is 24.3 Å². The second-order valence-electron chi connectivity index (χ2n) is 3.70. The van der Waals surface area contributed by atoms with E-state index >= 15 is 0 Å². The molecule has 0 spiro atoms. The number of carbonyl (C=O) groups excluding carboxylic acids is 1. The minimum Gasteiger partial charge on any atom is -0.508 e. The molecule has 7 heteroatoms. The molecule has 0 radical (unpaired) electrons. The number of nitrogens with one attached hydrogen (secondary N) is 2. The Morgan fingerprint density at radius 3 is 2.44 bits per heavy atom. The largest absolute Gasteiger partial charge is 0.508 e. The van der Waals surface area contributed by atoms with Gasteiger partial charge in [0.15, 0.2) is 0 Å². The van der Waals surface area contributed by atoms with E-state index in [1.54, 1.807) is 12.1 Å². The molecule has 98 valence electrons. The number of anilines is 1. The van der Waals surface area contributed by atoms with Crippen molar-refractivity contribution in [1.82, 2.24) is 5.43 Å². The molecular weight excluding hydrogens is 238 g/mol. The number of carbonyl (C=O) groups is 2. The molecular formula is C11H15N3O4.